The van der Waals surface area contributed by atoms with Crippen molar-refractivity contribution in [2.45, 2.75) is 26.5 Å². The van der Waals surface area contributed by atoms with E-state index in [4.69, 9.17) is 21.1 Å². The van der Waals surface area contributed by atoms with Crippen LogP contribution in [0.2, 0.25) is 5.15 Å². The number of methoxy groups -OCH3 is 1. The lowest BCUT2D eigenvalue weighted by atomic mass is 10.1. The van der Waals surface area contributed by atoms with Gasteiger partial charge in [0.2, 0.25) is 0 Å². The Balaban J connectivity index is 1.60. The number of carbonyl (C=O) groups excluding carboxylic acids is 1. The molecule has 1 aliphatic heterocycles. The predicted octanol–water partition coefficient (Wildman–Crippen LogP) is 4.03. The Morgan fingerprint density at radius 2 is 2.16 bits per heavy atom. The monoisotopic (exact) mass is 438 g/mol. The van der Waals surface area contributed by atoms with Crippen LogP contribution >= 0.6 is 11.6 Å². The van der Waals surface area contributed by atoms with Gasteiger partial charge in [0.15, 0.2) is 5.76 Å². The molecule has 160 valence electrons. The van der Waals surface area contributed by atoms with Crippen molar-refractivity contribution in [2.24, 2.45) is 0 Å². The fourth-order valence-electron chi connectivity index (χ4n) is 3.52. The van der Waals surface area contributed by atoms with Gasteiger partial charge < -0.3 is 18.9 Å². The second-order valence-corrected chi connectivity index (χ2v) is 7.82. The van der Waals surface area contributed by atoms with Gasteiger partial charge in [0.1, 0.15) is 17.0 Å². The van der Waals surface area contributed by atoms with E-state index in [1.165, 1.54) is 0 Å². The number of amides is 1. The summed E-state index contributed by atoms with van der Waals surface area (Å²) in [5, 5.41) is 0.405. The van der Waals surface area contributed by atoms with Crippen molar-refractivity contribution in [2.75, 3.05) is 13.7 Å². The topological polar surface area (TPSA) is 69.5 Å². The highest BCUT2D eigenvalue weighted by molar-refractivity contribution is 6.29. The third kappa shape index (κ3) is 4.72. The van der Waals surface area contributed by atoms with Crippen LogP contribution in [0.15, 0.2) is 54.7 Å². The summed E-state index contributed by atoms with van der Waals surface area (Å²) in [6, 6.07) is 11.1. The summed E-state index contributed by atoms with van der Waals surface area (Å²) in [7, 11) is 1.61. The first-order chi connectivity index (χ1) is 14.9. The molecular weight excluding hydrogens is 416 g/mol. The van der Waals surface area contributed by atoms with E-state index >= 15 is 0 Å². The van der Waals surface area contributed by atoms with Gasteiger partial charge in [-0.05, 0) is 49.8 Å². The highest BCUT2D eigenvalue weighted by Crippen LogP contribution is 2.27. The maximum Gasteiger partial charge on any atom is 0.289 e. The molecule has 1 saturated heterocycles. The molecule has 1 atom stereocenters. The van der Waals surface area contributed by atoms with Crippen LogP contribution in [-0.4, -0.2) is 45.1 Å². The van der Waals surface area contributed by atoms with Gasteiger partial charge in [-0.25, -0.2) is 9.97 Å². The summed E-state index contributed by atoms with van der Waals surface area (Å²) in [6.45, 7) is 4.71. The molecule has 0 unspecified atom stereocenters. The molecule has 1 amide bonds. The summed E-state index contributed by atoms with van der Waals surface area (Å²) in [4.78, 5) is 23.3. The van der Waals surface area contributed by atoms with Crippen LogP contribution in [0.1, 0.15) is 23.9 Å². The van der Waals surface area contributed by atoms with Gasteiger partial charge in [-0.3, -0.25) is 4.79 Å². The molecule has 7 nitrogen and oxygen atoms in total. The van der Waals surface area contributed by atoms with Crippen LogP contribution in [0.3, 0.4) is 0 Å². The fraction of sp³-hybridized carbons (Fsp3) is 0.261. The molecular formula is C23H23ClN4O3. The Labute approximate surface area is 185 Å². The molecule has 1 aromatic carbocycles. The summed E-state index contributed by atoms with van der Waals surface area (Å²) < 4.78 is 13.3. The molecule has 1 fully saturated rings. The van der Waals surface area contributed by atoms with E-state index in [1.807, 2.05) is 54.9 Å². The largest absolute Gasteiger partial charge is 0.495 e. The number of aryl methyl sites for hydroxylation is 1. The zero-order chi connectivity index (χ0) is 22.0. The number of benzene rings is 1. The molecule has 0 aliphatic carbocycles. The van der Waals surface area contributed by atoms with E-state index in [-0.39, 0.29) is 17.8 Å². The Morgan fingerprint density at radius 1 is 1.32 bits per heavy atom. The van der Waals surface area contributed by atoms with Crippen molar-refractivity contribution >= 4 is 23.6 Å². The number of nitrogens with zero attached hydrogens (tertiary/aromatic N) is 4. The Hall–Kier alpha value is -3.32. The van der Waals surface area contributed by atoms with Crippen LogP contribution in [0.4, 0.5) is 0 Å². The molecule has 8 heteroatoms. The van der Waals surface area contributed by atoms with E-state index in [0.717, 1.165) is 22.6 Å². The number of ether oxygens (including phenoxy) is 2. The van der Waals surface area contributed by atoms with Crippen LogP contribution in [0, 0.1) is 6.92 Å². The van der Waals surface area contributed by atoms with E-state index in [2.05, 4.69) is 9.97 Å². The van der Waals surface area contributed by atoms with Gasteiger partial charge in [0.05, 0.1) is 43.6 Å². The summed E-state index contributed by atoms with van der Waals surface area (Å²) >= 11 is 5.98. The molecule has 4 rings (SSSR count). The number of pyridine rings is 1. The van der Waals surface area contributed by atoms with Crippen LogP contribution in [0.5, 0.6) is 5.75 Å². The summed E-state index contributed by atoms with van der Waals surface area (Å²) in [5.74, 6) is 0.769. The van der Waals surface area contributed by atoms with Gasteiger partial charge in [-0.2, -0.15) is 0 Å². The van der Waals surface area contributed by atoms with E-state index in [0.29, 0.717) is 24.0 Å². The van der Waals surface area contributed by atoms with Gasteiger partial charge in [-0.15, -0.1) is 0 Å². The standard InChI is InChI=1S/C23H23ClN4O3/c1-15-11-28(14-25-15)19-8-7-17(9-20(19)30-3)10-21-23(29)27(12-16(2)31-21)13-18-5-4-6-22(24)26-18/h4-11,14,16H,12-13H2,1-3H3/b21-10-/t16-/m0/s1. The lowest BCUT2D eigenvalue weighted by Gasteiger charge is -2.32. The van der Waals surface area contributed by atoms with Crippen molar-refractivity contribution in [3.05, 3.63) is 76.8 Å². The smallest absolute Gasteiger partial charge is 0.289 e. The minimum absolute atomic E-state index is 0.141. The molecule has 3 aromatic rings. The fourth-order valence-corrected chi connectivity index (χ4v) is 3.70. The molecule has 0 N–H and O–H groups in total. The first kappa shape index (κ1) is 20.9. The Kier molecular flexibility index (Phi) is 5.95. The first-order valence-electron chi connectivity index (χ1n) is 9.91. The average molecular weight is 439 g/mol. The van der Waals surface area contributed by atoms with E-state index in [9.17, 15) is 4.79 Å². The second-order valence-electron chi connectivity index (χ2n) is 7.43. The quantitative estimate of drug-likeness (QED) is 0.444. The van der Waals surface area contributed by atoms with Crippen molar-refractivity contribution in [1.82, 2.24) is 19.4 Å². The maximum absolute atomic E-state index is 13.0. The Morgan fingerprint density at radius 3 is 2.87 bits per heavy atom. The lowest BCUT2D eigenvalue weighted by Crippen LogP contribution is -2.43. The number of halogens is 1. The van der Waals surface area contributed by atoms with Crippen molar-refractivity contribution in [1.29, 1.82) is 0 Å². The minimum Gasteiger partial charge on any atom is -0.495 e. The Bertz CT molecular complexity index is 1140. The van der Waals surface area contributed by atoms with E-state index < -0.39 is 0 Å². The van der Waals surface area contributed by atoms with Crippen LogP contribution in [0.25, 0.3) is 11.8 Å². The second kappa shape index (κ2) is 8.81. The number of aromatic nitrogens is 3. The average Bonchev–Trinajstić information content (AvgIpc) is 3.17. The first-order valence-corrected chi connectivity index (χ1v) is 10.3. The molecule has 0 saturated carbocycles. The zero-order valence-corrected chi connectivity index (χ0v) is 18.3. The molecule has 2 aromatic heterocycles. The number of hydrogen-bond donors (Lipinski definition) is 0. The predicted molar refractivity (Wildman–Crippen MR) is 118 cm³/mol. The minimum atomic E-state index is -0.187. The molecule has 1 aliphatic rings. The normalized spacial score (nSPS) is 17.7. The maximum atomic E-state index is 13.0. The lowest BCUT2D eigenvalue weighted by molar-refractivity contribution is -0.139. The number of carbonyl (C=O) groups is 1. The molecule has 0 radical (unpaired) electrons. The van der Waals surface area contributed by atoms with Crippen molar-refractivity contribution in [3.8, 4) is 11.4 Å². The van der Waals surface area contributed by atoms with Gasteiger partial charge in [-0.1, -0.05) is 23.7 Å². The molecule has 3 heterocycles. The zero-order valence-electron chi connectivity index (χ0n) is 17.6. The summed E-state index contributed by atoms with van der Waals surface area (Å²) in [5.41, 5.74) is 3.31. The molecule has 0 bridgehead atoms. The van der Waals surface area contributed by atoms with E-state index in [1.54, 1.807) is 30.5 Å². The van der Waals surface area contributed by atoms with Crippen molar-refractivity contribution in [3.63, 3.8) is 0 Å². The number of imidazole rings is 1. The van der Waals surface area contributed by atoms with Gasteiger partial charge in [0, 0.05) is 6.20 Å². The number of morpholine rings is 1. The van der Waals surface area contributed by atoms with Gasteiger partial charge in [0.25, 0.3) is 5.91 Å². The van der Waals surface area contributed by atoms with Crippen LogP contribution < -0.4 is 4.74 Å². The molecule has 0 spiro atoms. The number of rotatable bonds is 5. The third-order valence-electron chi connectivity index (χ3n) is 4.92. The summed E-state index contributed by atoms with van der Waals surface area (Å²) in [6.07, 6.45) is 5.26. The number of hydrogen-bond acceptors (Lipinski definition) is 5. The highest BCUT2D eigenvalue weighted by atomic mass is 35.5. The van der Waals surface area contributed by atoms with Gasteiger partial charge >= 0.3 is 0 Å². The molecule has 31 heavy (non-hydrogen) atoms. The SMILES string of the molecule is COc1cc(/C=C2\O[C@@H](C)CN(Cc3cccc(Cl)n3)C2=O)ccc1-n1cnc(C)c1. The highest BCUT2D eigenvalue weighted by Gasteiger charge is 2.29. The third-order valence-corrected chi connectivity index (χ3v) is 5.13. The van der Waals surface area contributed by atoms with Crippen LogP contribution in [-0.2, 0) is 16.1 Å². The van der Waals surface area contributed by atoms with Crippen molar-refractivity contribution < 1.29 is 14.3 Å².